The van der Waals surface area contributed by atoms with E-state index in [0.717, 1.165) is 37.2 Å². The summed E-state index contributed by atoms with van der Waals surface area (Å²) in [7, 11) is 0. The van der Waals surface area contributed by atoms with Gasteiger partial charge in [0.15, 0.2) is 0 Å². The Bertz CT molecular complexity index is 547. The van der Waals surface area contributed by atoms with Crippen molar-refractivity contribution in [1.82, 2.24) is 10.2 Å². The second-order valence-corrected chi connectivity index (χ2v) is 7.28. The monoisotopic (exact) mass is 322 g/mol. The maximum atomic E-state index is 12.4. The van der Waals surface area contributed by atoms with E-state index >= 15 is 0 Å². The Morgan fingerprint density at radius 2 is 2.05 bits per heavy atom. The maximum Gasteiger partial charge on any atom is 0.263 e. The molecule has 2 rings (SSSR count). The van der Waals surface area contributed by atoms with Crippen molar-refractivity contribution in [3.8, 4) is 0 Å². The zero-order chi connectivity index (χ0) is 16.3. The summed E-state index contributed by atoms with van der Waals surface area (Å²) in [5.41, 5.74) is 1.19. The van der Waals surface area contributed by atoms with Crippen LogP contribution in [0.4, 0.5) is 0 Å². The molecule has 1 aliphatic rings. The number of nitrogens with zero attached hydrogens (tertiary/aromatic N) is 1. The van der Waals surface area contributed by atoms with Gasteiger partial charge in [-0.3, -0.25) is 9.59 Å². The summed E-state index contributed by atoms with van der Waals surface area (Å²) < 4.78 is 0. The molecule has 0 saturated carbocycles. The Balaban J connectivity index is 2.10. The quantitative estimate of drug-likeness (QED) is 0.906. The number of amides is 2. The summed E-state index contributed by atoms with van der Waals surface area (Å²) in [5.74, 6) is 0.303. The molecule has 0 fully saturated rings. The molecule has 1 N–H and O–H groups in total. The molecule has 4 nitrogen and oxygen atoms in total. The fraction of sp³-hybridized carbons (Fsp3) is 0.647. The van der Waals surface area contributed by atoms with Gasteiger partial charge < -0.3 is 10.2 Å². The Morgan fingerprint density at radius 1 is 1.36 bits per heavy atom. The number of aryl methyl sites for hydroxylation is 1. The van der Waals surface area contributed by atoms with E-state index < -0.39 is 0 Å². The van der Waals surface area contributed by atoms with Crippen LogP contribution in [0.1, 0.15) is 54.2 Å². The van der Waals surface area contributed by atoms with Crippen LogP contribution < -0.4 is 5.32 Å². The van der Waals surface area contributed by atoms with Crippen LogP contribution in [0.3, 0.4) is 0 Å². The molecule has 0 aromatic carbocycles. The van der Waals surface area contributed by atoms with Gasteiger partial charge in [0.25, 0.3) is 5.91 Å². The number of hydrogen-bond donors (Lipinski definition) is 1. The topological polar surface area (TPSA) is 49.4 Å². The Kier molecular flexibility index (Phi) is 5.62. The van der Waals surface area contributed by atoms with Gasteiger partial charge in [-0.15, -0.1) is 11.3 Å². The van der Waals surface area contributed by atoms with Crippen LogP contribution in [0.15, 0.2) is 6.07 Å². The molecular weight excluding hydrogens is 296 g/mol. The average molecular weight is 322 g/mol. The fourth-order valence-electron chi connectivity index (χ4n) is 2.92. The summed E-state index contributed by atoms with van der Waals surface area (Å²) in [4.78, 5) is 28.6. The standard InChI is InChI=1S/C17H26N2O2S/c1-5-19(6-2)17(21)15-10-13-9-12(7-8-14(13)22-15)16(20)18-11(3)4/h10-12H,5-9H2,1-4H3,(H,18,20)/t12-/m1/s1. The molecule has 0 aliphatic heterocycles. The zero-order valence-corrected chi connectivity index (χ0v) is 14.8. The largest absolute Gasteiger partial charge is 0.354 e. The molecule has 122 valence electrons. The first kappa shape index (κ1) is 17.0. The summed E-state index contributed by atoms with van der Waals surface area (Å²) in [6.07, 6.45) is 2.54. The number of fused-ring (bicyclic) bond motifs is 1. The van der Waals surface area contributed by atoms with Gasteiger partial charge >= 0.3 is 0 Å². The van der Waals surface area contributed by atoms with E-state index in [1.54, 1.807) is 11.3 Å². The minimum Gasteiger partial charge on any atom is -0.354 e. The molecule has 1 aromatic rings. The fourth-order valence-corrected chi connectivity index (χ4v) is 4.10. The van der Waals surface area contributed by atoms with E-state index in [-0.39, 0.29) is 23.8 Å². The smallest absolute Gasteiger partial charge is 0.263 e. The first-order valence-electron chi connectivity index (χ1n) is 8.17. The molecule has 5 heteroatoms. The van der Waals surface area contributed by atoms with Crippen molar-refractivity contribution in [3.63, 3.8) is 0 Å². The first-order valence-corrected chi connectivity index (χ1v) is 8.99. The van der Waals surface area contributed by atoms with Crippen molar-refractivity contribution in [3.05, 3.63) is 21.4 Å². The van der Waals surface area contributed by atoms with Crippen LogP contribution in [0.25, 0.3) is 0 Å². The van der Waals surface area contributed by atoms with Crippen LogP contribution in [0, 0.1) is 5.92 Å². The number of nitrogens with one attached hydrogen (secondary N) is 1. The lowest BCUT2D eigenvalue weighted by Crippen LogP contribution is -2.37. The highest BCUT2D eigenvalue weighted by molar-refractivity contribution is 7.14. The van der Waals surface area contributed by atoms with Crippen molar-refractivity contribution in [2.24, 2.45) is 5.92 Å². The number of thiophene rings is 1. The lowest BCUT2D eigenvalue weighted by atomic mass is 9.87. The predicted molar refractivity (Wildman–Crippen MR) is 90.4 cm³/mol. The summed E-state index contributed by atoms with van der Waals surface area (Å²) in [5, 5.41) is 3.00. The van der Waals surface area contributed by atoms with Crippen molar-refractivity contribution < 1.29 is 9.59 Å². The van der Waals surface area contributed by atoms with E-state index in [1.165, 1.54) is 10.4 Å². The van der Waals surface area contributed by atoms with Gasteiger partial charge in [0.2, 0.25) is 5.91 Å². The number of hydrogen-bond acceptors (Lipinski definition) is 3. The van der Waals surface area contributed by atoms with Crippen molar-refractivity contribution in [2.45, 2.75) is 53.0 Å². The minimum absolute atomic E-state index is 0.0425. The molecule has 1 aliphatic carbocycles. The van der Waals surface area contributed by atoms with Gasteiger partial charge in [-0.05, 0) is 58.6 Å². The maximum absolute atomic E-state index is 12.4. The van der Waals surface area contributed by atoms with E-state index in [2.05, 4.69) is 5.32 Å². The van der Waals surface area contributed by atoms with Crippen molar-refractivity contribution in [1.29, 1.82) is 0 Å². The highest BCUT2D eigenvalue weighted by Gasteiger charge is 2.28. The van der Waals surface area contributed by atoms with Gasteiger partial charge in [-0.25, -0.2) is 0 Å². The van der Waals surface area contributed by atoms with Gasteiger partial charge in [-0.1, -0.05) is 0 Å². The van der Waals surface area contributed by atoms with Crippen molar-refractivity contribution >= 4 is 23.2 Å². The molecule has 1 aromatic heterocycles. The van der Waals surface area contributed by atoms with Crippen LogP contribution >= 0.6 is 11.3 Å². The Labute approximate surface area is 136 Å². The summed E-state index contributed by atoms with van der Waals surface area (Å²) >= 11 is 1.61. The summed E-state index contributed by atoms with van der Waals surface area (Å²) in [6.45, 7) is 9.44. The lowest BCUT2D eigenvalue weighted by Gasteiger charge is -2.22. The molecular formula is C17H26N2O2S. The van der Waals surface area contributed by atoms with E-state index in [4.69, 9.17) is 0 Å². The second kappa shape index (κ2) is 7.27. The molecule has 1 heterocycles. The summed E-state index contributed by atoms with van der Waals surface area (Å²) in [6, 6.07) is 2.19. The molecule has 0 saturated heterocycles. The van der Waals surface area contributed by atoms with Crippen LogP contribution in [-0.4, -0.2) is 35.8 Å². The van der Waals surface area contributed by atoms with E-state index in [1.807, 2.05) is 38.7 Å². The molecule has 2 amide bonds. The molecule has 0 bridgehead atoms. The number of carbonyl (C=O) groups excluding carboxylic acids is 2. The highest BCUT2D eigenvalue weighted by Crippen LogP contribution is 2.33. The lowest BCUT2D eigenvalue weighted by molar-refractivity contribution is -0.125. The van der Waals surface area contributed by atoms with Crippen LogP contribution in [-0.2, 0) is 17.6 Å². The van der Waals surface area contributed by atoms with Gasteiger partial charge in [0.1, 0.15) is 0 Å². The zero-order valence-electron chi connectivity index (χ0n) is 13.9. The van der Waals surface area contributed by atoms with Crippen LogP contribution in [0.5, 0.6) is 0 Å². The number of carbonyl (C=O) groups is 2. The molecule has 1 atom stereocenters. The SMILES string of the molecule is CCN(CC)C(=O)c1cc2c(s1)CC[C@@H](C(=O)NC(C)C)C2. The van der Waals surface area contributed by atoms with Gasteiger partial charge in [0.05, 0.1) is 4.88 Å². The molecule has 0 spiro atoms. The average Bonchev–Trinajstić information content (AvgIpc) is 2.90. The minimum atomic E-state index is 0.0425. The van der Waals surface area contributed by atoms with Gasteiger partial charge in [-0.2, -0.15) is 0 Å². The predicted octanol–water partition coefficient (Wildman–Crippen LogP) is 2.86. The third-order valence-corrected chi connectivity index (χ3v) is 5.37. The Hall–Kier alpha value is -1.36. The molecule has 22 heavy (non-hydrogen) atoms. The van der Waals surface area contributed by atoms with Crippen molar-refractivity contribution in [2.75, 3.05) is 13.1 Å². The van der Waals surface area contributed by atoms with E-state index in [0.29, 0.717) is 0 Å². The second-order valence-electron chi connectivity index (χ2n) is 6.14. The number of rotatable bonds is 5. The third kappa shape index (κ3) is 3.69. The Morgan fingerprint density at radius 3 is 2.64 bits per heavy atom. The normalized spacial score (nSPS) is 17.2. The molecule has 0 radical (unpaired) electrons. The van der Waals surface area contributed by atoms with Crippen LogP contribution in [0.2, 0.25) is 0 Å². The molecule has 0 unspecified atom stereocenters. The first-order chi connectivity index (χ1) is 10.5. The van der Waals surface area contributed by atoms with E-state index in [9.17, 15) is 9.59 Å². The van der Waals surface area contributed by atoms with Gasteiger partial charge in [0, 0.05) is 29.9 Å². The third-order valence-electron chi connectivity index (χ3n) is 4.15. The highest BCUT2D eigenvalue weighted by atomic mass is 32.1.